The van der Waals surface area contributed by atoms with E-state index >= 15 is 0 Å². The van der Waals surface area contributed by atoms with Gasteiger partial charge in [0.1, 0.15) is 31.1 Å². The molecular formula is C39H43N5O9S2. The number of amides is 1. The van der Waals surface area contributed by atoms with Crippen LogP contribution in [0.25, 0.3) is 32.7 Å². The quantitative estimate of drug-likeness (QED) is 0.0817. The monoisotopic (exact) mass is 789 g/mol. The molecule has 0 saturated heterocycles. The van der Waals surface area contributed by atoms with Crippen LogP contribution in [-0.4, -0.2) is 106 Å². The van der Waals surface area contributed by atoms with Gasteiger partial charge in [0.2, 0.25) is 0 Å². The number of phenols is 1. The highest BCUT2D eigenvalue weighted by Crippen LogP contribution is 2.26. The normalized spacial score (nSPS) is 10.5. The first-order chi connectivity index (χ1) is 26.2. The second kappa shape index (κ2) is 19.4. The number of ether oxygens (including phenoxy) is 4. The van der Waals surface area contributed by atoms with Crippen LogP contribution in [0.15, 0.2) is 96.3 Å². The summed E-state index contributed by atoms with van der Waals surface area (Å²) in [5.74, 6) is 0.0336. The van der Waals surface area contributed by atoms with Gasteiger partial charge in [0, 0.05) is 84.4 Å². The Hall–Kier alpha value is -6.00. The maximum atomic E-state index is 11.7. The molecular weight excluding hydrogens is 747 g/mol. The predicted octanol–water partition coefficient (Wildman–Crippen LogP) is 6.15. The Morgan fingerprint density at radius 3 is 1.51 bits per heavy atom. The Kier molecular flexibility index (Phi) is 14.7. The standard InChI is InChI=1S/2C14H16N2O3S.C11H11NO3/c1-15(2)14(18)20-11-4-5-12-10(8-11)6-7-16(12)9-13(17)19-3;1-15(2)14(20)19-11-4-5-12-10(8-11)6-7-16(12)9-13(17)18-3;1-15-11(14)7-12-5-4-8-6-9(13)2-3-10(8)12/h2*4-8H,9H2,1-3H3;2-6,13H,7H2,1H3. The van der Waals surface area contributed by atoms with Crippen molar-refractivity contribution < 1.29 is 43.2 Å². The van der Waals surface area contributed by atoms with E-state index < -0.39 is 0 Å². The Morgan fingerprint density at radius 2 is 1.05 bits per heavy atom. The minimum atomic E-state index is -0.291. The molecule has 290 valence electrons. The van der Waals surface area contributed by atoms with Crippen LogP contribution in [0.4, 0.5) is 4.79 Å². The summed E-state index contributed by atoms with van der Waals surface area (Å²) in [5, 5.41) is 12.5. The molecule has 55 heavy (non-hydrogen) atoms. The van der Waals surface area contributed by atoms with E-state index in [4.69, 9.17) is 17.0 Å². The lowest BCUT2D eigenvalue weighted by Gasteiger charge is -2.14. The Labute approximate surface area is 327 Å². The summed E-state index contributed by atoms with van der Waals surface area (Å²) < 4.78 is 24.9. The lowest BCUT2D eigenvalue weighted by molar-refractivity contribution is -0.142. The third-order valence-electron chi connectivity index (χ3n) is 7.96. The lowest BCUT2D eigenvalue weighted by Crippen LogP contribution is -2.24. The molecule has 3 aromatic carbocycles. The third kappa shape index (κ3) is 11.5. The van der Waals surface area contributed by atoms with Crippen molar-refractivity contribution >= 4 is 85.0 Å². The maximum Gasteiger partial charge on any atom is 0.325 e. The molecule has 0 aliphatic carbocycles. The van der Waals surface area contributed by atoms with Gasteiger partial charge in [-0.05, 0) is 96.8 Å². The van der Waals surface area contributed by atoms with Gasteiger partial charge in [0.15, 0.2) is 0 Å². The Balaban J connectivity index is 0.000000186. The number of esters is 3. The average molecular weight is 790 g/mol. The molecule has 0 bridgehead atoms. The first-order valence-electron chi connectivity index (χ1n) is 16.7. The van der Waals surface area contributed by atoms with Gasteiger partial charge >= 0.3 is 17.9 Å². The molecule has 1 amide bonds. The van der Waals surface area contributed by atoms with Crippen LogP contribution in [-0.2, 0) is 48.2 Å². The van der Waals surface area contributed by atoms with Crippen molar-refractivity contribution in [3.63, 3.8) is 0 Å². The Morgan fingerprint density at radius 1 is 0.618 bits per heavy atom. The molecule has 3 aromatic heterocycles. The zero-order chi connectivity index (χ0) is 40.2. The molecule has 0 unspecified atom stereocenters. The minimum absolute atomic E-state index is 0.0154. The first-order valence-corrected chi connectivity index (χ1v) is 17.9. The van der Waals surface area contributed by atoms with Crippen molar-refractivity contribution in [3.8, 4) is 11.5 Å². The maximum absolute atomic E-state index is 11.7. The largest absolute Gasteiger partial charge is 0.508 e. The lowest BCUT2D eigenvalue weighted by atomic mass is 10.2. The van der Waals surface area contributed by atoms with E-state index in [1.165, 1.54) is 38.0 Å². The molecule has 0 saturated carbocycles. The number of nitrogens with zero attached hydrogens (tertiary/aromatic N) is 5. The number of aromatic hydroxyl groups is 1. The average Bonchev–Trinajstić information content (AvgIpc) is 3.88. The molecule has 0 fully saturated rings. The molecule has 6 aromatic rings. The van der Waals surface area contributed by atoms with Crippen LogP contribution in [0.5, 0.6) is 11.5 Å². The van der Waals surface area contributed by atoms with Gasteiger partial charge in [0.05, 0.1) is 21.3 Å². The summed E-state index contributed by atoms with van der Waals surface area (Å²) >= 11 is 6.28. The molecule has 0 aliphatic rings. The summed E-state index contributed by atoms with van der Waals surface area (Å²) in [6.07, 6.45) is 5.47. The highest BCUT2D eigenvalue weighted by molar-refractivity contribution is 8.13. The van der Waals surface area contributed by atoms with E-state index in [1.54, 1.807) is 48.0 Å². The molecule has 16 heteroatoms. The topological polar surface area (TPSA) is 147 Å². The van der Waals surface area contributed by atoms with Crippen molar-refractivity contribution in [1.82, 2.24) is 23.5 Å². The minimum Gasteiger partial charge on any atom is -0.508 e. The fraction of sp³-hybridized carbons (Fsp3) is 0.256. The molecule has 0 spiro atoms. The van der Waals surface area contributed by atoms with Crippen molar-refractivity contribution in [2.75, 3.05) is 49.5 Å². The van der Waals surface area contributed by atoms with E-state index in [9.17, 15) is 24.3 Å². The van der Waals surface area contributed by atoms with Crippen LogP contribution in [0.1, 0.15) is 0 Å². The van der Waals surface area contributed by atoms with Crippen LogP contribution in [0.2, 0.25) is 0 Å². The number of aromatic nitrogens is 3. The van der Waals surface area contributed by atoms with Crippen molar-refractivity contribution in [2.24, 2.45) is 0 Å². The van der Waals surface area contributed by atoms with Gasteiger partial charge < -0.3 is 47.6 Å². The van der Waals surface area contributed by atoms with E-state index in [2.05, 4.69) is 14.2 Å². The summed E-state index contributed by atoms with van der Waals surface area (Å²) in [4.78, 5) is 49.5. The summed E-state index contributed by atoms with van der Waals surface area (Å²) in [6, 6.07) is 22.0. The van der Waals surface area contributed by atoms with E-state index in [-0.39, 0.29) is 48.5 Å². The molecule has 0 radical (unpaired) electrons. The number of hydrogen-bond donors (Lipinski definition) is 1. The van der Waals surface area contributed by atoms with Crippen LogP contribution in [0, 0.1) is 0 Å². The summed E-state index contributed by atoms with van der Waals surface area (Å²) in [5.41, 5.74) is 2.79. The zero-order valence-corrected chi connectivity index (χ0v) is 33.2. The third-order valence-corrected chi connectivity index (χ3v) is 9.44. The second-order valence-corrected chi connectivity index (χ2v) is 13.6. The highest BCUT2D eigenvalue weighted by atomic mass is 32.2. The number of thioether (sulfide) groups is 1. The zero-order valence-electron chi connectivity index (χ0n) is 31.5. The van der Waals surface area contributed by atoms with E-state index in [1.807, 2.05) is 90.2 Å². The van der Waals surface area contributed by atoms with Gasteiger partial charge in [0.25, 0.3) is 10.4 Å². The van der Waals surface area contributed by atoms with Crippen LogP contribution >= 0.6 is 24.0 Å². The smallest absolute Gasteiger partial charge is 0.325 e. The van der Waals surface area contributed by atoms with Gasteiger partial charge in [-0.25, -0.2) is 0 Å². The fourth-order valence-corrected chi connectivity index (χ4v) is 5.88. The molecule has 14 nitrogen and oxygen atoms in total. The number of thiocarbonyl (C=S) groups is 1. The highest BCUT2D eigenvalue weighted by Gasteiger charge is 2.11. The summed E-state index contributed by atoms with van der Waals surface area (Å²) in [7, 11) is 11.2. The molecule has 1 N–H and O–H groups in total. The van der Waals surface area contributed by atoms with Gasteiger partial charge in [-0.3, -0.25) is 19.2 Å². The van der Waals surface area contributed by atoms with Crippen molar-refractivity contribution in [3.05, 3.63) is 91.4 Å². The van der Waals surface area contributed by atoms with Crippen LogP contribution in [0.3, 0.4) is 0 Å². The number of carbonyl (C=O) groups excluding carboxylic acids is 4. The second-order valence-electron chi connectivity index (χ2n) is 12.3. The van der Waals surface area contributed by atoms with Crippen molar-refractivity contribution in [1.29, 1.82) is 0 Å². The molecule has 6 rings (SSSR count). The molecule has 0 atom stereocenters. The number of fused-ring (bicyclic) bond motifs is 3. The molecule has 0 aliphatic heterocycles. The van der Waals surface area contributed by atoms with Crippen LogP contribution < -0.4 is 4.74 Å². The van der Waals surface area contributed by atoms with Crippen molar-refractivity contribution in [2.45, 2.75) is 24.5 Å². The number of carbonyl (C=O) groups is 4. The number of rotatable bonds is 8. The fourth-order valence-electron chi connectivity index (χ4n) is 5.08. The Bertz CT molecular complexity index is 2190. The molecule has 3 heterocycles. The van der Waals surface area contributed by atoms with Gasteiger partial charge in [-0.1, -0.05) is 0 Å². The van der Waals surface area contributed by atoms with Gasteiger partial charge in [-0.15, -0.1) is 0 Å². The first kappa shape index (κ1) is 41.8. The summed E-state index contributed by atoms with van der Waals surface area (Å²) in [6.45, 7) is 0.560. The SMILES string of the molecule is COC(=O)Cn1ccc2cc(O)ccc21.COC(=O)Cn1ccc2cc(OC(=S)N(C)C)ccc21.COC(=O)Cn1ccc2cc(SC(=O)N(C)C)ccc21. The van der Waals surface area contributed by atoms with Gasteiger partial charge in [-0.2, -0.15) is 0 Å². The van der Waals surface area contributed by atoms with E-state index in [0.717, 1.165) is 37.6 Å². The number of methoxy groups -OCH3 is 3. The number of benzene rings is 3. The van der Waals surface area contributed by atoms with E-state index in [0.29, 0.717) is 10.9 Å². The number of phenolic OH excluding ortho intramolecular Hbond substituents is 1. The number of hydrogen-bond acceptors (Lipinski definition) is 11. The predicted molar refractivity (Wildman–Crippen MR) is 215 cm³/mol.